The van der Waals surface area contributed by atoms with Crippen LogP contribution in [-0.4, -0.2) is 31.3 Å². The van der Waals surface area contributed by atoms with E-state index in [1.54, 1.807) is 0 Å². The zero-order chi connectivity index (χ0) is 12.7. The average Bonchev–Trinajstić information content (AvgIpc) is 2.28. The van der Waals surface area contributed by atoms with Gasteiger partial charge in [0, 0.05) is 0 Å². The molecule has 1 aliphatic carbocycles. The Hall–Kier alpha value is -0.620. The average molecular weight is 264 g/mol. The molecule has 1 fully saturated rings. The SMILES string of the molecule is O=C(OCCCCS(=O)(=O)O)C1CCCCC1. The number of rotatable bonds is 6. The van der Waals surface area contributed by atoms with Gasteiger partial charge in [0.1, 0.15) is 0 Å². The lowest BCUT2D eigenvalue weighted by atomic mass is 9.89. The zero-order valence-electron chi connectivity index (χ0n) is 9.93. The summed E-state index contributed by atoms with van der Waals surface area (Å²) in [5, 5.41) is 0. The Labute approximate surface area is 102 Å². The summed E-state index contributed by atoms with van der Waals surface area (Å²) in [6, 6.07) is 0. The van der Waals surface area contributed by atoms with E-state index in [4.69, 9.17) is 9.29 Å². The first kappa shape index (κ1) is 14.4. The monoisotopic (exact) mass is 264 g/mol. The molecule has 0 bridgehead atoms. The van der Waals surface area contributed by atoms with E-state index in [1.165, 1.54) is 6.42 Å². The Balaban J connectivity index is 2.07. The summed E-state index contributed by atoms with van der Waals surface area (Å²) in [6.07, 6.45) is 5.96. The maximum atomic E-state index is 11.6. The second-order valence-corrected chi connectivity index (χ2v) is 6.07. The third-order valence-corrected chi connectivity index (χ3v) is 3.78. The first-order valence-electron chi connectivity index (χ1n) is 6.11. The molecule has 0 atom stereocenters. The summed E-state index contributed by atoms with van der Waals surface area (Å²) in [4.78, 5) is 11.6. The highest BCUT2D eigenvalue weighted by Gasteiger charge is 2.22. The Morgan fingerprint density at radius 3 is 2.41 bits per heavy atom. The highest BCUT2D eigenvalue weighted by atomic mass is 32.2. The predicted molar refractivity (Wildman–Crippen MR) is 63.2 cm³/mol. The minimum atomic E-state index is -3.89. The minimum Gasteiger partial charge on any atom is -0.465 e. The van der Waals surface area contributed by atoms with Crippen LogP contribution in [-0.2, 0) is 19.6 Å². The summed E-state index contributed by atoms with van der Waals surface area (Å²) in [6.45, 7) is 0.241. The van der Waals surface area contributed by atoms with Crippen molar-refractivity contribution in [3.8, 4) is 0 Å². The van der Waals surface area contributed by atoms with Gasteiger partial charge in [-0.2, -0.15) is 8.42 Å². The zero-order valence-corrected chi connectivity index (χ0v) is 10.7. The van der Waals surface area contributed by atoms with E-state index in [1.807, 2.05) is 0 Å². The molecule has 0 aromatic carbocycles. The van der Waals surface area contributed by atoms with Crippen LogP contribution in [0.3, 0.4) is 0 Å². The standard InChI is InChI=1S/C11H20O5S/c12-11(10-6-2-1-3-7-10)16-8-4-5-9-17(13,14)15/h10H,1-9H2,(H,13,14,15). The van der Waals surface area contributed by atoms with Crippen molar-refractivity contribution < 1.29 is 22.5 Å². The predicted octanol–water partition coefficient (Wildman–Crippen LogP) is 1.78. The fraction of sp³-hybridized carbons (Fsp3) is 0.909. The highest BCUT2D eigenvalue weighted by Crippen LogP contribution is 2.24. The normalized spacial score (nSPS) is 17.9. The fourth-order valence-corrected chi connectivity index (χ4v) is 2.58. The topological polar surface area (TPSA) is 80.7 Å². The van der Waals surface area contributed by atoms with Crippen molar-refractivity contribution in [1.82, 2.24) is 0 Å². The molecule has 6 heteroatoms. The molecule has 1 saturated carbocycles. The van der Waals surface area contributed by atoms with E-state index < -0.39 is 10.1 Å². The smallest absolute Gasteiger partial charge is 0.308 e. The van der Waals surface area contributed by atoms with Gasteiger partial charge in [-0.05, 0) is 25.7 Å². The lowest BCUT2D eigenvalue weighted by Crippen LogP contribution is -2.20. The Bertz CT molecular complexity index is 330. The molecule has 1 aliphatic rings. The quantitative estimate of drug-likeness (QED) is 0.449. The van der Waals surface area contributed by atoms with Crippen molar-refractivity contribution in [2.75, 3.05) is 12.4 Å². The van der Waals surface area contributed by atoms with Gasteiger partial charge >= 0.3 is 5.97 Å². The van der Waals surface area contributed by atoms with Gasteiger partial charge in [-0.15, -0.1) is 0 Å². The highest BCUT2D eigenvalue weighted by molar-refractivity contribution is 7.85. The van der Waals surface area contributed by atoms with Crippen LogP contribution in [0.5, 0.6) is 0 Å². The molecular formula is C11H20O5S. The lowest BCUT2D eigenvalue weighted by Gasteiger charge is -2.19. The molecule has 0 amide bonds. The van der Waals surface area contributed by atoms with E-state index in [0.717, 1.165) is 25.7 Å². The Kier molecular flexibility index (Phi) is 5.91. The molecule has 0 heterocycles. The molecule has 0 aliphatic heterocycles. The summed E-state index contributed by atoms with van der Waals surface area (Å²) in [7, 11) is -3.89. The molecule has 1 N–H and O–H groups in total. The third kappa shape index (κ3) is 6.63. The summed E-state index contributed by atoms with van der Waals surface area (Å²) in [5.41, 5.74) is 0. The van der Waals surface area contributed by atoms with Crippen molar-refractivity contribution in [3.05, 3.63) is 0 Å². The molecule has 17 heavy (non-hydrogen) atoms. The summed E-state index contributed by atoms with van der Waals surface area (Å²) in [5.74, 6) is -0.393. The summed E-state index contributed by atoms with van der Waals surface area (Å²) >= 11 is 0. The van der Waals surface area contributed by atoms with Gasteiger partial charge in [0.05, 0.1) is 18.3 Å². The van der Waals surface area contributed by atoms with Crippen molar-refractivity contribution >= 4 is 16.1 Å². The summed E-state index contributed by atoms with van der Waals surface area (Å²) < 4.78 is 34.4. The fourth-order valence-electron chi connectivity index (χ4n) is 2.02. The van der Waals surface area contributed by atoms with Crippen molar-refractivity contribution in [2.45, 2.75) is 44.9 Å². The molecule has 5 nitrogen and oxygen atoms in total. The number of ether oxygens (including phenoxy) is 1. The molecule has 0 spiro atoms. The van der Waals surface area contributed by atoms with Gasteiger partial charge in [-0.1, -0.05) is 19.3 Å². The van der Waals surface area contributed by atoms with E-state index in [9.17, 15) is 13.2 Å². The third-order valence-electron chi connectivity index (χ3n) is 2.98. The second-order valence-electron chi connectivity index (χ2n) is 4.50. The van der Waals surface area contributed by atoms with E-state index in [2.05, 4.69) is 0 Å². The molecule has 0 saturated heterocycles. The van der Waals surface area contributed by atoms with Crippen LogP contribution in [0.1, 0.15) is 44.9 Å². The van der Waals surface area contributed by atoms with Crippen LogP contribution in [0.25, 0.3) is 0 Å². The number of carbonyl (C=O) groups excluding carboxylic acids is 1. The number of hydrogen-bond donors (Lipinski definition) is 1. The van der Waals surface area contributed by atoms with Gasteiger partial charge in [0.2, 0.25) is 0 Å². The number of carbonyl (C=O) groups is 1. The first-order valence-corrected chi connectivity index (χ1v) is 7.72. The van der Waals surface area contributed by atoms with Crippen LogP contribution in [0.15, 0.2) is 0 Å². The van der Waals surface area contributed by atoms with Crippen LogP contribution in [0.4, 0.5) is 0 Å². The number of hydrogen-bond acceptors (Lipinski definition) is 4. The molecule has 0 aromatic heterocycles. The lowest BCUT2D eigenvalue weighted by molar-refractivity contribution is -0.149. The molecule has 0 aromatic rings. The van der Waals surface area contributed by atoms with Crippen LogP contribution < -0.4 is 0 Å². The molecule has 1 rings (SSSR count). The van der Waals surface area contributed by atoms with Gasteiger partial charge in [-0.3, -0.25) is 9.35 Å². The second kappa shape index (κ2) is 6.96. The van der Waals surface area contributed by atoms with Gasteiger partial charge in [-0.25, -0.2) is 0 Å². The largest absolute Gasteiger partial charge is 0.465 e. The van der Waals surface area contributed by atoms with Crippen molar-refractivity contribution in [1.29, 1.82) is 0 Å². The maximum Gasteiger partial charge on any atom is 0.308 e. The van der Waals surface area contributed by atoms with Crippen LogP contribution in [0, 0.1) is 5.92 Å². The first-order chi connectivity index (χ1) is 7.99. The maximum absolute atomic E-state index is 11.6. The Morgan fingerprint density at radius 2 is 1.82 bits per heavy atom. The number of esters is 1. The Morgan fingerprint density at radius 1 is 1.18 bits per heavy atom. The van der Waals surface area contributed by atoms with E-state index in [0.29, 0.717) is 12.8 Å². The molecule has 0 radical (unpaired) electrons. The van der Waals surface area contributed by atoms with E-state index >= 15 is 0 Å². The molecule has 100 valence electrons. The van der Waals surface area contributed by atoms with Gasteiger partial charge in [0.15, 0.2) is 0 Å². The number of unbranched alkanes of at least 4 members (excludes halogenated alkanes) is 1. The molecular weight excluding hydrogens is 244 g/mol. The van der Waals surface area contributed by atoms with Crippen LogP contribution in [0.2, 0.25) is 0 Å². The van der Waals surface area contributed by atoms with Gasteiger partial charge < -0.3 is 4.74 Å². The minimum absolute atomic E-state index is 0.0327. The van der Waals surface area contributed by atoms with Crippen molar-refractivity contribution in [2.24, 2.45) is 5.92 Å². The van der Waals surface area contributed by atoms with Gasteiger partial charge in [0.25, 0.3) is 10.1 Å². The van der Waals surface area contributed by atoms with E-state index in [-0.39, 0.29) is 24.2 Å². The van der Waals surface area contributed by atoms with Crippen LogP contribution >= 0.6 is 0 Å². The van der Waals surface area contributed by atoms with Crippen molar-refractivity contribution in [3.63, 3.8) is 0 Å². The molecule has 0 unspecified atom stereocenters.